The Kier molecular flexibility index (Phi) is 4.26. The Morgan fingerprint density at radius 1 is 0.750 bits per heavy atom. The van der Waals surface area contributed by atoms with Crippen LogP contribution in [-0.2, 0) is 28.2 Å². The van der Waals surface area contributed by atoms with Crippen molar-refractivity contribution >= 4 is 17.4 Å². The van der Waals surface area contributed by atoms with Crippen molar-refractivity contribution in [3.8, 4) is 0 Å². The highest BCUT2D eigenvalue weighted by Gasteiger charge is 2.13. The van der Waals surface area contributed by atoms with Crippen LogP contribution < -0.4 is 33.1 Å². The van der Waals surface area contributed by atoms with E-state index in [2.05, 4.69) is 10.6 Å². The number of carbonyl (C=O) groups is 1. The number of amides is 2. The van der Waals surface area contributed by atoms with Gasteiger partial charge in [-0.05, 0) is 0 Å². The van der Waals surface area contributed by atoms with Crippen molar-refractivity contribution in [1.29, 1.82) is 0 Å². The van der Waals surface area contributed by atoms with Crippen molar-refractivity contribution < 1.29 is 4.79 Å². The summed E-state index contributed by atoms with van der Waals surface area (Å²) in [7, 11) is 5.40. The number of nitrogens with zero attached hydrogens (tertiary/aromatic N) is 4. The molecular weight excluding hydrogens is 320 g/mol. The second kappa shape index (κ2) is 6.02. The molecule has 0 aliphatic heterocycles. The molecule has 0 spiro atoms. The smallest absolute Gasteiger partial charge is 0.302 e. The first-order valence-corrected chi connectivity index (χ1v) is 6.74. The van der Waals surface area contributed by atoms with E-state index in [4.69, 9.17) is 0 Å². The van der Waals surface area contributed by atoms with Gasteiger partial charge in [-0.15, -0.1) is 0 Å². The van der Waals surface area contributed by atoms with Crippen molar-refractivity contribution in [2.75, 3.05) is 10.6 Å². The average Bonchev–Trinajstić information content (AvgIpc) is 2.53. The van der Waals surface area contributed by atoms with E-state index in [0.29, 0.717) is 0 Å². The van der Waals surface area contributed by atoms with Crippen LogP contribution in [0.25, 0.3) is 0 Å². The Morgan fingerprint density at radius 3 is 1.42 bits per heavy atom. The molecule has 0 radical (unpaired) electrons. The first-order chi connectivity index (χ1) is 11.1. The van der Waals surface area contributed by atoms with E-state index in [0.717, 1.165) is 18.3 Å². The first-order valence-electron chi connectivity index (χ1n) is 6.74. The normalized spacial score (nSPS) is 10.5. The van der Waals surface area contributed by atoms with Gasteiger partial charge in [0.2, 0.25) is 0 Å². The highest BCUT2D eigenvalue weighted by Crippen LogP contribution is 1.99. The van der Waals surface area contributed by atoms with Crippen LogP contribution in [0.4, 0.5) is 16.2 Å². The fourth-order valence-electron chi connectivity index (χ4n) is 2.06. The minimum absolute atomic E-state index is 0.140. The maximum Gasteiger partial charge on any atom is 0.330 e. The van der Waals surface area contributed by atoms with E-state index in [1.807, 2.05) is 0 Å². The summed E-state index contributed by atoms with van der Waals surface area (Å²) in [6.45, 7) is 0. The van der Waals surface area contributed by atoms with Crippen LogP contribution in [-0.4, -0.2) is 24.3 Å². The number of rotatable bonds is 2. The van der Waals surface area contributed by atoms with E-state index in [9.17, 15) is 24.0 Å². The van der Waals surface area contributed by atoms with Crippen LogP contribution in [0.3, 0.4) is 0 Å². The van der Waals surface area contributed by atoms with E-state index in [-0.39, 0.29) is 11.4 Å². The van der Waals surface area contributed by atoms with E-state index >= 15 is 0 Å². The lowest BCUT2D eigenvalue weighted by Gasteiger charge is -2.10. The van der Waals surface area contributed by atoms with Crippen LogP contribution in [0.15, 0.2) is 31.6 Å². The topological polar surface area (TPSA) is 129 Å². The highest BCUT2D eigenvalue weighted by molar-refractivity contribution is 5.99. The molecule has 0 bridgehead atoms. The Labute approximate surface area is 134 Å². The summed E-state index contributed by atoms with van der Waals surface area (Å²) < 4.78 is 3.92. The van der Waals surface area contributed by atoms with E-state index < -0.39 is 28.5 Å². The number of aryl methyl sites for hydroxylation is 2. The molecule has 2 N–H and O–H groups in total. The number of hydrogen-bond acceptors (Lipinski definition) is 5. The SMILES string of the molecule is Cn1cc(NC(=O)Nc2cn(C)c(=O)n(C)c2=O)c(=O)n(C)c1=O. The molecule has 2 heterocycles. The zero-order chi connectivity index (χ0) is 18.2. The molecular formula is C13H16N6O5. The Hall–Kier alpha value is -3.37. The molecule has 0 aliphatic rings. The summed E-state index contributed by atoms with van der Waals surface area (Å²) in [6, 6.07) is -0.860. The predicted molar refractivity (Wildman–Crippen MR) is 86.5 cm³/mol. The number of nitrogens with one attached hydrogen (secondary N) is 2. The molecule has 24 heavy (non-hydrogen) atoms. The molecule has 0 unspecified atom stereocenters. The highest BCUT2D eigenvalue weighted by atomic mass is 16.2. The van der Waals surface area contributed by atoms with Crippen LogP contribution in [0.5, 0.6) is 0 Å². The molecule has 0 aromatic carbocycles. The summed E-state index contributed by atoms with van der Waals surface area (Å²) in [6.07, 6.45) is 2.34. The Bertz CT molecular complexity index is 971. The van der Waals surface area contributed by atoms with Gasteiger partial charge < -0.3 is 19.8 Å². The van der Waals surface area contributed by atoms with Gasteiger partial charge in [-0.2, -0.15) is 0 Å². The van der Waals surface area contributed by atoms with Gasteiger partial charge >= 0.3 is 17.4 Å². The van der Waals surface area contributed by atoms with Gasteiger partial charge in [0, 0.05) is 40.6 Å². The van der Waals surface area contributed by atoms with E-state index in [1.54, 1.807) is 0 Å². The zero-order valence-corrected chi connectivity index (χ0v) is 13.5. The van der Waals surface area contributed by atoms with Gasteiger partial charge in [0.05, 0.1) is 0 Å². The summed E-state index contributed by atoms with van der Waals surface area (Å²) in [5, 5.41) is 4.54. The third kappa shape index (κ3) is 2.91. The second-order valence-electron chi connectivity index (χ2n) is 5.18. The number of hydrogen-bond donors (Lipinski definition) is 2. The standard InChI is InChI=1S/C13H16N6O5/c1-16-5-7(9(20)18(3)12(16)23)14-11(22)15-8-6-17(2)13(24)19(4)10(8)21/h5-6H,1-4H3,(H2,14,15,22). The quantitative estimate of drug-likeness (QED) is 0.663. The molecule has 2 amide bonds. The van der Waals surface area contributed by atoms with Gasteiger partial charge in [0.15, 0.2) is 0 Å². The molecule has 128 valence electrons. The minimum Gasteiger partial charge on any atom is -0.302 e. The van der Waals surface area contributed by atoms with E-state index in [1.165, 1.54) is 40.6 Å². The Balaban J connectivity index is 2.34. The molecule has 0 saturated carbocycles. The molecule has 2 aromatic heterocycles. The van der Waals surface area contributed by atoms with Gasteiger partial charge in [-0.1, -0.05) is 0 Å². The maximum atomic E-state index is 12.0. The minimum atomic E-state index is -0.860. The average molecular weight is 336 g/mol. The monoisotopic (exact) mass is 336 g/mol. The van der Waals surface area contributed by atoms with Crippen molar-refractivity contribution in [1.82, 2.24) is 18.3 Å². The Morgan fingerprint density at radius 2 is 1.08 bits per heavy atom. The number of carbonyl (C=O) groups excluding carboxylic acids is 1. The summed E-state index contributed by atoms with van der Waals surface area (Å²) in [5.74, 6) is 0. The maximum absolute atomic E-state index is 12.0. The fourth-order valence-corrected chi connectivity index (χ4v) is 2.06. The lowest BCUT2D eigenvalue weighted by molar-refractivity contribution is 0.262. The van der Waals surface area contributed by atoms with Gasteiger partial charge in [0.1, 0.15) is 11.4 Å². The first kappa shape index (κ1) is 17.0. The van der Waals surface area contributed by atoms with Crippen LogP contribution in [0, 0.1) is 0 Å². The fraction of sp³-hybridized carbons (Fsp3) is 0.308. The third-order valence-corrected chi connectivity index (χ3v) is 3.39. The molecule has 0 saturated heterocycles. The summed E-state index contributed by atoms with van der Waals surface area (Å²) in [4.78, 5) is 59.1. The van der Waals surface area contributed by atoms with Gasteiger partial charge in [0.25, 0.3) is 11.1 Å². The van der Waals surface area contributed by atoms with Gasteiger partial charge in [-0.25, -0.2) is 14.4 Å². The lowest BCUT2D eigenvalue weighted by Crippen LogP contribution is -2.40. The molecule has 2 rings (SSSR count). The summed E-state index contributed by atoms with van der Waals surface area (Å²) in [5.41, 5.74) is -2.75. The third-order valence-electron chi connectivity index (χ3n) is 3.39. The lowest BCUT2D eigenvalue weighted by atomic mass is 10.4. The van der Waals surface area contributed by atoms with Gasteiger partial charge in [-0.3, -0.25) is 18.7 Å². The zero-order valence-electron chi connectivity index (χ0n) is 13.5. The number of anilines is 2. The van der Waals surface area contributed by atoms with Crippen molar-refractivity contribution in [2.45, 2.75) is 0 Å². The van der Waals surface area contributed by atoms with Crippen LogP contribution in [0.2, 0.25) is 0 Å². The van der Waals surface area contributed by atoms with Crippen molar-refractivity contribution in [2.24, 2.45) is 28.2 Å². The molecule has 0 atom stereocenters. The molecule has 0 fully saturated rings. The van der Waals surface area contributed by atoms with Crippen molar-refractivity contribution in [3.63, 3.8) is 0 Å². The molecule has 11 heteroatoms. The second-order valence-corrected chi connectivity index (χ2v) is 5.18. The van der Waals surface area contributed by atoms with Crippen LogP contribution >= 0.6 is 0 Å². The molecule has 0 aliphatic carbocycles. The predicted octanol–water partition coefficient (Wildman–Crippen LogP) is -1.87. The largest absolute Gasteiger partial charge is 0.330 e. The number of urea groups is 1. The number of aromatic nitrogens is 4. The molecule has 2 aromatic rings. The summed E-state index contributed by atoms with van der Waals surface area (Å²) >= 11 is 0. The molecule has 11 nitrogen and oxygen atoms in total. The van der Waals surface area contributed by atoms with Crippen LogP contribution in [0.1, 0.15) is 0 Å². The van der Waals surface area contributed by atoms with Crippen molar-refractivity contribution in [3.05, 3.63) is 54.1 Å².